The number of aromatic hydroxyl groups is 1. The van der Waals surface area contributed by atoms with E-state index in [0.29, 0.717) is 30.1 Å². The Bertz CT molecular complexity index is 1080. The van der Waals surface area contributed by atoms with E-state index in [-0.39, 0.29) is 17.7 Å². The lowest BCUT2D eigenvalue weighted by Gasteiger charge is -2.26. The Morgan fingerprint density at radius 1 is 1.23 bits per heavy atom. The average molecular weight is 438 g/mol. The highest BCUT2D eigenvalue weighted by molar-refractivity contribution is 7.98. The highest BCUT2D eigenvalue weighted by Crippen LogP contribution is 2.45. The fourth-order valence-electron chi connectivity index (χ4n) is 4.38. The number of aromatic amines is 1. The van der Waals surface area contributed by atoms with E-state index in [0.717, 1.165) is 28.7 Å². The molecule has 31 heavy (non-hydrogen) atoms. The Labute approximate surface area is 186 Å². The van der Waals surface area contributed by atoms with Crippen molar-refractivity contribution < 1.29 is 14.6 Å². The minimum absolute atomic E-state index is 0.0759. The maximum Gasteiger partial charge on any atom is 0.273 e. The number of methoxy groups -OCH3 is 1. The third kappa shape index (κ3) is 3.83. The molecule has 1 aliphatic rings. The van der Waals surface area contributed by atoms with Gasteiger partial charge in [0.15, 0.2) is 0 Å². The van der Waals surface area contributed by atoms with Crippen molar-refractivity contribution in [1.29, 1.82) is 0 Å². The lowest BCUT2D eigenvalue weighted by atomic mass is 9.93. The van der Waals surface area contributed by atoms with E-state index in [2.05, 4.69) is 34.5 Å². The van der Waals surface area contributed by atoms with Crippen LogP contribution in [-0.2, 0) is 4.74 Å². The number of amides is 1. The van der Waals surface area contributed by atoms with Crippen molar-refractivity contribution in [3.8, 4) is 17.0 Å². The van der Waals surface area contributed by atoms with Gasteiger partial charge in [-0.15, -0.1) is 11.8 Å². The fourth-order valence-corrected chi connectivity index (χ4v) is 4.79. The number of carbonyl (C=O) groups excluding carboxylic acids is 1. The monoisotopic (exact) mass is 437 g/mol. The van der Waals surface area contributed by atoms with Crippen LogP contribution >= 0.6 is 11.8 Å². The van der Waals surface area contributed by atoms with Crippen LogP contribution in [0.25, 0.3) is 11.3 Å². The molecule has 0 aliphatic carbocycles. The quantitative estimate of drug-likeness (QED) is 0.414. The van der Waals surface area contributed by atoms with Crippen LogP contribution in [0.4, 0.5) is 0 Å². The molecule has 1 amide bonds. The lowest BCUT2D eigenvalue weighted by Crippen LogP contribution is -2.31. The first kappa shape index (κ1) is 21.5. The normalized spacial score (nSPS) is 15.5. The molecule has 0 radical (unpaired) electrons. The highest BCUT2D eigenvalue weighted by Gasteiger charge is 2.42. The molecule has 0 saturated carbocycles. The molecule has 2 heterocycles. The van der Waals surface area contributed by atoms with Gasteiger partial charge in [0.25, 0.3) is 5.91 Å². The first-order chi connectivity index (χ1) is 15.0. The van der Waals surface area contributed by atoms with Gasteiger partial charge in [0.05, 0.1) is 6.04 Å². The summed E-state index contributed by atoms with van der Waals surface area (Å²) in [6, 6.07) is 11.8. The SMILES string of the molecule is COCCCN1C(=O)c2[nH]nc(-c3c(C)cc(C)cc3O)c2C1c1ccc(SC)cc1. The Kier molecular flexibility index (Phi) is 6.07. The Hall–Kier alpha value is -2.77. The number of aromatic nitrogens is 2. The number of nitrogens with zero attached hydrogens (tertiary/aromatic N) is 2. The van der Waals surface area contributed by atoms with Crippen LogP contribution in [0, 0.1) is 13.8 Å². The number of aryl methyl sites for hydroxylation is 2. The molecule has 0 spiro atoms. The number of phenolic OH excluding ortho intramolecular Hbond substituents is 1. The molecule has 2 aromatic carbocycles. The molecule has 6 nitrogen and oxygen atoms in total. The molecule has 1 aliphatic heterocycles. The van der Waals surface area contributed by atoms with Gasteiger partial charge < -0.3 is 14.7 Å². The molecule has 2 N–H and O–H groups in total. The second-order valence-corrected chi connectivity index (χ2v) is 8.74. The van der Waals surface area contributed by atoms with Crippen molar-refractivity contribution in [1.82, 2.24) is 15.1 Å². The minimum atomic E-state index is -0.274. The number of fused-ring (bicyclic) bond motifs is 1. The predicted octanol–water partition coefficient (Wildman–Crippen LogP) is 4.70. The van der Waals surface area contributed by atoms with Crippen LogP contribution in [0.15, 0.2) is 41.3 Å². The van der Waals surface area contributed by atoms with Crippen molar-refractivity contribution in [2.45, 2.75) is 31.2 Å². The van der Waals surface area contributed by atoms with E-state index in [1.165, 1.54) is 4.90 Å². The average Bonchev–Trinajstić information content (AvgIpc) is 3.27. The van der Waals surface area contributed by atoms with Crippen molar-refractivity contribution in [3.63, 3.8) is 0 Å². The Balaban J connectivity index is 1.86. The predicted molar refractivity (Wildman–Crippen MR) is 123 cm³/mol. The van der Waals surface area contributed by atoms with Crippen LogP contribution in [-0.4, -0.2) is 52.6 Å². The first-order valence-corrected chi connectivity index (χ1v) is 11.5. The van der Waals surface area contributed by atoms with Gasteiger partial charge in [0.1, 0.15) is 17.1 Å². The number of hydrogen-bond acceptors (Lipinski definition) is 5. The van der Waals surface area contributed by atoms with Crippen LogP contribution in [0.1, 0.15) is 45.2 Å². The zero-order valence-corrected chi connectivity index (χ0v) is 19.0. The maximum absolute atomic E-state index is 13.3. The van der Waals surface area contributed by atoms with Gasteiger partial charge in [0.2, 0.25) is 0 Å². The summed E-state index contributed by atoms with van der Waals surface area (Å²) in [5, 5.41) is 18.2. The molecule has 1 atom stereocenters. The third-order valence-corrected chi connectivity index (χ3v) is 6.48. The maximum atomic E-state index is 13.3. The lowest BCUT2D eigenvalue weighted by molar-refractivity contribution is 0.0723. The van der Waals surface area contributed by atoms with Crippen LogP contribution < -0.4 is 0 Å². The molecule has 0 fully saturated rings. The van der Waals surface area contributed by atoms with Crippen LogP contribution in [0.2, 0.25) is 0 Å². The smallest absolute Gasteiger partial charge is 0.273 e. The molecular weight excluding hydrogens is 410 g/mol. The first-order valence-electron chi connectivity index (χ1n) is 10.3. The van der Waals surface area contributed by atoms with E-state index in [4.69, 9.17) is 4.74 Å². The Morgan fingerprint density at radius 2 is 1.97 bits per heavy atom. The van der Waals surface area contributed by atoms with E-state index < -0.39 is 0 Å². The van der Waals surface area contributed by atoms with Gasteiger partial charge in [0, 0.05) is 36.3 Å². The molecule has 4 rings (SSSR count). The topological polar surface area (TPSA) is 78.5 Å². The van der Waals surface area contributed by atoms with E-state index >= 15 is 0 Å². The van der Waals surface area contributed by atoms with Gasteiger partial charge in [-0.2, -0.15) is 5.10 Å². The second kappa shape index (κ2) is 8.77. The highest BCUT2D eigenvalue weighted by atomic mass is 32.2. The number of ether oxygens (including phenoxy) is 1. The van der Waals surface area contributed by atoms with Crippen molar-refractivity contribution in [3.05, 3.63) is 64.3 Å². The molecule has 0 bridgehead atoms. The van der Waals surface area contributed by atoms with Gasteiger partial charge in [-0.3, -0.25) is 9.89 Å². The summed E-state index contributed by atoms with van der Waals surface area (Å²) < 4.78 is 5.21. The van der Waals surface area contributed by atoms with Crippen molar-refractivity contribution in [2.24, 2.45) is 0 Å². The summed E-state index contributed by atoms with van der Waals surface area (Å²) >= 11 is 1.68. The molecule has 3 aromatic rings. The fraction of sp³-hybridized carbons (Fsp3) is 0.333. The second-order valence-electron chi connectivity index (χ2n) is 7.86. The summed E-state index contributed by atoms with van der Waals surface area (Å²) in [4.78, 5) is 16.4. The van der Waals surface area contributed by atoms with Gasteiger partial charge >= 0.3 is 0 Å². The minimum Gasteiger partial charge on any atom is -0.507 e. The number of phenols is 1. The summed E-state index contributed by atoms with van der Waals surface area (Å²) in [5.41, 5.74) is 5.54. The summed E-state index contributed by atoms with van der Waals surface area (Å²) in [5.74, 6) is 0.0987. The summed E-state index contributed by atoms with van der Waals surface area (Å²) in [6.07, 6.45) is 2.78. The zero-order chi connectivity index (χ0) is 22.1. The van der Waals surface area contributed by atoms with E-state index in [1.54, 1.807) is 24.9 Å². The van der Waals surface area contributed by atoms with E-state index in [1.807, 2.05) is 31.1 Å². The summed E-state index contributed by atoms with van der Waals surface area (Å²) in [6.45, 7) is 5.06. The number of benzene rings is 2. The van der Waals surface area contributed by atoms with Crippen LogP contribution in [0.3, 0.4) is 0 Å². The third-order valence-electron chi connectivity index (χ3n) is 5.74. The van der Waals surface area contributed by atoms with Crippen molar-refractivity contribution in [2.75, 3.05) is 26.5 Å². The Morgan fingerprint density at radius 3 is 2.61 bits per heavy atom. The standard InChI is InChI=1S/C24H27N3O3S/c1-14-12-15(2)19(18(28)13-14)21-20-22(26-25-21)24(29)27(10-5-11-30-3)23(20)16-6-8-17(31-4)9-7-16/h6-9,12-13,23,28H,5,10-11H2,1-4H3,(H,25,26). The molecule has 7 heteroatoms. The molecular formula is C24H27N3O3S. The number of H-pyrrole nitrogens is 1. The number of hydrogen-bond donors (Lipinski definition) is 2. The summed E-state index contributed by atoms with van der Waals surface area (Å²) in [7, 11) is 1.66. The van der Waals surface area contributed by atoms with Gasteiger partial charge in [-0.05, 0) is 61.4 Å². The molecule has 1 unspecified atom stereocenters. The van der Waals surface area contributed by atoms with Gasteiger partial charge in [-0.25, -0.2) is 0 Å². The molecule has 162 valence electrons. The largest absolute Gasteiger partial charge is 0.507 e. The number of nitrogens with one attached hydrogen (secondary N) is 1. The van der Waals surface area contributed by atoms with E-state index in [9.17, 15) is 9.90 Å². The van der Waals surface area contributed by atoms with Crippen molar-refractivity contribution >= 4 is 17.7 Å². The molecule has 0 saturated heterocycles. The zero-order valence-electron chi connectivity index (χ0n) is 18.2. The van der Waals surface area contributed by atoms with Crippen LogP contribution in [0.5, 0.6) is 5.75 Å². The number of rotatable bonds is 7. The number of thioether (sulfide) groups is 1. The molecule has 1 aromatic heterocycles. The number of carbonyl (C=O) groups is 1. The van der Waals surface area contributed by atoms with Gasteiger partial charge in [-0.1, -0.05) is 18.2 Å².